The first-order valence-electron chi connectivity index (χ1n) is 11.3. The van der Waals surface area contributed by atoms with E-state index >= 15 is 0 Å². The maximum absolute atomic E-state index is 12.8. The van der Waals surface area contributed by atoms with Gasteiger partial charge in [-0.05, 0) is 66.7 Å². The second kappa shape index (κ2) is 11.6. The minimum atomic E-state index is -0.722. The molecule has 38 heavy (non-hydrogen) atoms. The van der Waals surface area contributed by atoms with Crippen molar-refractivity contribution >= 4 is 40.6 Å². The maximum Gasteiger partial charge on any atom is 0.343 e. The van der Waals surface area contributed by atoms with E-state index in [9.17, 15) is 24.5 Å². The molecular formula is C27H22N2O8S. The molecule has 194 valence electrons. The lowest BCUT2D eigenvalue weighted by Gasteiger charge is -2.13. The first-order chi connectivity index (χ1) is 18.2. The molecule has 0 radical (unpaired) electrons. The lowest BCUT2D eigenvalue weighted by molar-refractivity contribution is -0.384. The number of nitro groups is 1. The van der Waals surface area contributed by atoms with Crippen molar-refractivity contribution in [1.29, 1.82) is 0 Å². The summed E-state index contributed by atoms with van der Waals surface area (Å²) in [7, 11) is 1.39. The number of thioether (sulfide) groups is 1. The minimum Gasteiger partial charge on any atom is -0.493 e. The van der Waals surface area contributed by atoms with Crippen LogP contribution in [0, 0.1) is 17.0 Å². The number of ether oxygens (including phenoxy) is 3. The molecule has 0 bridgehead atoms. The SMILES string of the molecule is COc1cc(/C=C2\SC(=O)N(CCOc3ccc(C)cc3)C2=O)ccc1OC(=O)c1ccc([N+](=O)[O-])cc1. The Morgan fingerprint density at radius 1 is 1.03 bits per heavy atom. The van der Waals surface area contributed by atoms with Crippen molar-refractivity contribution in [2.24, 2.45) is 0 Å². The standard InChI is InChI=1S/C27H22N2O8S/c1-17-3-10-21(11-4-17)36-14-13-28-25(30)24(38-27(28)32)16-18-5-12-22(23(15-18)35-2)37-26(31)19-6-8-20(9-7-19)29(33)34/h3-12,15-16H,13-14H2,1-2H3/b24-16-. The van der Waals surface area contributed by atoms with Crippen LogP contribution in [0.3, 0.4) is 0 Å². The zero-order chi connectivity index (χ0) is 27.2. The Kier molecular flexibility index (Phi) is 8.07. The van der Waals surface area contributed by atoms with Gasteiger partial charge in [-0.1, -0.05) is 23.8 Å². The number of non-ortho nitro benzene ring substituents is 1. The van der Waals surface area contributed by atoms with Crippen LogP contribution in [0.5, 0.6) is 17.2 Å². The largest absolute Gasteiger partial charge is 0.493 e. The lowest BCUT2D eigenvalue weighted by atomic mass is 10.1. The fourth-order valence-corrected chi connectivity index (χ4v) is 4.33. The molecule has 0 aromatic heterocycles. The molecule has 11 heteroatoms. The van der Waals surface area contributed by atoms with E-state index < -0.39 is 22.0 Å². The number of carbonyl (C=O) groups is 3. The zero-order valence-corrected chi connectivity index (χ0v) is 21.2. The third-order valence-corrected chi connectivity index (χ3v) is 6.39. The highest BCUT2D eigenvalue weighted by atomic mass is 32.2. The lowest BCUT2D eigenvalue weighted by Crippen LogP contribution is -2.32. The molecule has 2 amide bonds. The Morgan fingerprint density at radius 3 is 2.39 bits per heavy atom. The number of esters is 1. The summed E-state index contributed by atoms with van der Waals surface area (Å²) in [5, 5.41) is 10.4. The van der Waals surface area contributed by atoms with Gasteiger partial charge in [-0.3, -0.25) is 24.6 Å². The van der Waals surface area contributed by atoms with Crippen LogP contribution in [-0.4, -0.2) is 47.2 Å². The van der Waals surface area contributed by atoms with E-state index in [0.717, 1.165) is 22.2 Å². The highest BCUT2D eigenvalue weighted by molar-refractivity contribution is 8.18. The summed E-state index contributed by atoms with van der Waals surface area (Å²) in [6.45, 7) is 2.24. The van der Waals surface area contributed by atoms with Crippen molar-refractivity contribution < 1.29 is 33.5 Å². The monoisotopic (exact) mass is 534 g/mol. The minimum absolute atomic E-state index is 0.108. The van der Waals surface area contributed by atoms with E-state index in [-0.39, 0.29) is 40.8 Å². The van der Waals surface area contributed by atoms with E-state index in [1.807, 2.05) is 31.2 Å². The smallest absolute Gasteiger partial charge is 0.343 e. The van der Waals surface area contributed by atoms with Gasteiger partial charge in [0.15, 0.2) is 11.5 Å². The van der Waals surface area contributed by atoms with Crippen LogP contribution in [-0.2, 0) is 4.79 Å². The highest BCUT2D eigenvalue weighted by Gasteiger charge is 2.34. The number of benzene rings is 3. The van der Waals surface area contributed by atoms with Gasteiger partial charge in [0.2, 0.25) is 0 Å². The molecule has 0 N–H and O–H groups in total. The van der Waals surface area contributed by atoms with Gasteiger partial charge in [-0.2, -0.15) is 0 Å². The molecule has 10 nitrogen and oxygen atoms in total. The summed E-state index contributed by atoms with van der Waals surface area (Å²) in [5.74, 6) is -0.159. The average Bonchev–Trinajstić information content (AvgIpc) is 3.17. The summed E-state index contributed by atoms with van der Waals surface area (Å²) < 4.78 is 16.3. The number of aryl methyl sites for hydroxylation is 1. The van der Waals surface area contributed by atoms with E-state index in [1.54, 1.807) is 18.2 Å². The van der Waals surface area contributed by atoms with Crippen LogP contribution in [0.4, 0.5) is 10.5 Å². The van der Waals surface area contributed by atoms with Crippen molar-refractivity contribution in [2.45, 2.75) is 6.92 Å². The molecule has 0 saturated carbocycles. The third-order valence-electron chi connectivity index (χ3n) is 5.48. The molecule has 4 rings (SSSR count). The number of rotatable bonds is 9. The number of amides is 2. The van der Waals surface area contributed by atoms with Gasteiger partial charge in [0.1, 0.15) is 12.4 Å². The fourth-order valence-electron chi connectivity index (χ4n) is 3.47. The summed E-state index contributed by atoms with van der Waals surface area (Å²) in [6, 6.07) is 17.1. The number of hydrogen-bond acceptors (Lipinski definition) is 9. The number of imide groups is 1. The predicted octanol–water partition coefficient (Wildman–Crippen LogP) is 5.25. The molecular weight excluding hydrogens is 512 g/mol. The Bertz CT molecular complexity index is 1420. The molecule has 1 fully saturated rings. The number of hydrogen-bond donors (Lipinski definition) is 0. The number of nitro benzene ring substituents is 1. The summed E-state index contributed by atoms with van der Waals surface area (Å²) in [5.41, 5.74) is 1.63. The van der Waals surface area contributed by atoms with Gasteiger partial charge >= 0.3 is 5.97 Å². The maximum atomic E-state index is 12.8. The van der Waals surface area contributed by atoms with E-state index in [4.69, 9.17) is 14.2 Å². The van der Waals surface area contributed by atoms with Crippen LogP contribution in [0.25, 0.3) is 6.08 Å². The van der Waals surface area contributed by atoms with Crippen molar-refractivity contribution in [3.63, 3.8) is 0 Å². The van der Waals surface area contributed by atoms with Gasteiger partial charge in [-0.15, -0.1) is 0 Å². The highest BCUT2D eigenvalue weighted by Crippen LogP contribution is 2.35. The molecule has 3 aromatic rings. The summed E-state index contributed by atoms with van der Waals surface area (Å²) in [6.07, 6.45) is 1.55. The molecule has 0 atom stereocenters. The Labute approximate surface area is 221 Å². The molecule has 0 aliphatic carbocycles. The molecule has 1 aliphatic heterocycles. The number of methoxy groups -OCH3 is 1. The van der Waals surface area contributed by atoms with Crippen molar-refractivity contribution in [2.75, 3.05) is 20.3 Å². The number of nitrogens with zero attached hydrogens (tertiary/aromatic N) is 2. The second-order valence-electron chi connectivity index (χ2n) is 8.10. The van der Waals surface area contributed by atoms with Crippen molar-refractivity contribution in [3.8, 4) is 17.2 Å². The van der Waals surface area contributed by atoms with Gasteiger partial charge in [0.05, 0.1) is 29.0 Å². The Hall–Kier alpha value is -4.64. The Balaban J connectivity index is 1.41. The van der Waals surface area contributed by atoms with E-state index in [2.05, 4.69) is 0 Å². The quantitative estimate of drug-likeness (QED) is 0.119. The van der Waals surface area contributed by atoms with Gasteiger partial charge in [0, 0.05) is 12.1 Å². The first kappa shape index (κ1) is 26.4. The van der Waals surface area contributed by atoms with E-state index in [1.165, 1.54) is 37.4 Å². The van der Waals surface area contributed by atoms with Crippen LogP contribution in [0.2, 0.25) is 0 Å². The molecule has 3 aromatic carbocycles. The predicted molar refractivity (Wildman–Crippen MR) is 140 cm³/mol. The normalized spacial score (nSPS) is 14.1. The Morgan fingerprint density at radius 2 is 1.74 bits per heavy atom. The number of carbonyl (C=O) groups excluding carboxylic acids is 3. The topological polar surface area (TPSA) is 125 Å². The molecule has 1 heterocycles. The zero-order valence-electron chi connectivity index (χ0n) is 20.4. The summed E-state index contributed by atoms with van der Waals surface area (Å²) >= 11 is 0.822. The van der Waals surface area contributed by atoms with Crippen molar-refractivity contribution in [1.82, 2.24) is 4.90 Å². The summed E-state index contributed by atoms with van der Waals surface area (Å²) in [4.78, 5) is 49.3. The third kappa shape index (κ3) is 6.19. The van der Waals surface area contributed by atoms with Gasteiger partial charge in [-0.25, -0.2) is 4.79 Å². The van der Waals surface area contributed by atoms with Crippen molar-refractivity contribution in [3.05, 3.63) is 98.4 Å². The van der Waals surface area contributed by atoms with E-state index in [0.29, 0.717) is 11.3 Å². The van der Waals surface area contributed by atoms with Gasteiger partial charge in [0.25, 0.3) is 16.8 Å². The first-order valence-corrected chi connectivity index (χ1v) is 12.2. The average molecular weight is 535 g/mol. The van der Waals surface area contributed by atoms with Crippen LogP contribution in [0.15, 0.2) is 71.6 Å². The molecule has 0 spiro atoms. The van der Waals surface area contributed by atoms with Crippen LogP contribution in [0.1, 0.15) is 21.5 Å². The molecule has 0 unspecified atom stereocenters. The van der Waals surface area contributed by atoms with Gasteiger partial charge < -0.3 is 14.2 Å². The molecule has 1 saturated heterocycles. The fraction of sp³-hybridized carbons (Fsp3) is 0.148. The van der Waals surface area contributed by atoms with Crippen LogP contribution < -0.4 is 14.2 Å². The second-order valence-corrected chi connectivity index (χ2v) is 9.09. The van der Waals surface area contributed by atoms with Crippen LogP contribution >= 0.6 is 11.8 Å². The molecule has 1 aliphatic rings.